The molecule has 3 amide bonds. The lowest BCUT2D eigenvalue weighted by Crippen LogP contribution is -2.35. The smallest absolute Gasteiger partial charge is 0.415 e. The molecule has 0 saturated carbocycles. The van der Waals surface area contributed by atoms with Crippen molar-refractivity contribution < 1.29 is 14.3 Å². The predicted molar refractivity (Wildman–Crippen MR) is 84.4 cm³/mol. The molecule has 0 fully saturated rings. The molecule has 23 heavy (non-hydrogen) atoms. The van der Waals surface area contributed by atoms with E-state index in [-0.39, 0.29) is 6.61 Å². The fourth-order valence-electron chi connectivity index (χ4n) is 1.82. The highest BCUT2D eigenvalue weighted by Crippen LogP contribution is 2.18. The highest BCUT2D eigenvalue weighted by molar-refractivity contribution is 7.99. The third-order valence-corrected chi connectivity index (χ3v) is 4.14. The standard InChI is InChI=1S/C13H18N6O3S/c1-7-8(2)15-11-17-12(18-19(11)9(7)3)23-6-4-5-22-13(21)16-10(14)20/h4-6H2,1-3H3,(H3,14,16,20,21). The number of nitrogens with one attached hydrogen (secondary N) is 1. The largest absolute Gasteiger partial charge is 0.449 e. The van der Waals surface area contributed by atoms with Crippen molar-refractivity contribution in [1.82, 2.24) is 24.9 Å². The Bertz CT molecular complexity index is 745. The van der Waals surface area contributed by atoms with Crippen LogP contribution in [0.1, 0.15) is 23.4 Å². The molecule has 2 aromatic heterocycles. The van der Waals surface area contributed by atoms with Crippen LogP contribution in [0.5, 0.6) is 0 Å². The van der Waals surface area contributed by atoms with Gasteiger partial charge in [0, 0.05) is 17.1 Å². The van der Waals surface area contributed by atoms with E-state index in [1.54, 1.807) is 4.52 Å². The molecule has 3 N–H and O–H groups in total. The summed E-state index contributed by atoms with van der Waals surface area (Å²) < 4.78 is 6.50. The SMILES string of the molecule is Cc1nc2nc(SCCCOC(=O)NC(N)=O)nn2c(C)c1C. The zero-order chi connectivity index (χ0) is 17.0. The van der Waals surface area contributed by atoms with Gasteiger partial charge in [-0.2, -0.15) is 4.98 Å². The summed E-state index contributed by atoms with van der Waals surface area (Å²) in [6.07, 6.45) is -0.254. The molecule has 0 radical (unpaired) electrons. The minimum atomic E-state index is -0.938. The normalized spacial score (nSPS) is 10.7. The zero-order valence-electron chi connectivity index (χ0n) is 13.1. The molecular weight excluding hydrogens is 320 g/mol. The van der Waals surface area contributed by atoms with Crippen LogP contribution in [0.4, 0.5) is 9.59 Å². The van der Waals surface area contributed by atoms with Crippen molar-refractivity contribution in [2.45, 2.75) is 32.3 Å². The number of carbonyl (C=O) groups excluding carboxylic acids is 2. The molecule has 2 heterocycles. The molecular formula is C13H18N6O3S. The number of nitrogens with zero attached hydrogens (tertiary/aromatic N) is 4. The summed E-state index contributed by atoms with van der Waals surface area (Å²) in [7, 11) is 0. The number of hydrogen-bond donors (Lipinski definition) is 2. The number of aromatic nitrogens is 4. The van der Waals surface area contributed by atoms with Gasteiger partial charge in [-0.3, -0.25) is 0 Å². The van der Waals surface area contributed by atoms with Crippen molar-refractivity contribution in [3.63, 3.8) is 0 Å². The molecule has 9 nitrogen and oxygen atoms in total. The van der Waals surface area contributed by atoms with E-state index in [0.717, 1.165) is 17.0 Å². The quantitative estimate of drug-likeness (QED) is 0.622. The molecule has 10 heteroatoms. The Balaban J connectivity index is 1.85. The van der Waals surface area contributed by atoms with E-state index in [1.807, 2.05) is 26.1 Å². The summed E-state index contributed by atoms with van der Waals surface area (Å²) in [6.45, 7) is 6.10. The number of fused-ring (bicyclic) bond motifs is 1. The first-order chi connectivity index (χ1) is 10.9. The molecule has 124 valence electrons. The first-order valence-electron chi connectivity index (χ1n) is 6.95. The number of thioether (sulfide) groups is 1. The van der Waals surface area contributed by atoms with Crippen LogP contribution in [0.3, 0.4) is 0 Å². The predicted octanol–water partition coefficient (Wildman–Crippen LogP) is 1.34. The van der Waals surface area contributed by atoms with E-state index in [1.165, 1.54) is 11.8 Å². The molecule has 0 aliphatic rings. The van der Waals surface area contributed by atoms with Gasteiger partial charge in [0.2, 0.25) is 5.16 Å². The fourth-order valence-corrected chi connectivity index (χ4v) is 2.55. The van der Waals surface area contributed by atoms with Gasteiger partial charge in [0.05, 0.1) is 6.61 Å². The lowest BCUT2D eigenvalue weighted by atomic mass is 10.2. The minimum absolute atomic E-state index is 0.176. The van der Waals surface area contributed by atoms with Gasteiger partial charge < -0.3 is 10.5 Å². The second kappa shape index (κ2) is 7.27. The Kier molecular flexibility index (Phi) is 5.37. The monoisotopic (exact) mass is 338 g/mol. The molecule has 2 aromatic rings. The number of aryl methyl sites for hydroxylation is 2. The Morgan fingerprint density at radius 2 is 2.04 bits per heavy atom. The molecule has 0 aliphatic carbocycles. The summed E-state index contributed by atoms with van der Waals surface area (Å²) in [5, 5.41) is 6.85. The van der Waals surface area contributed by atoms with Gasteiger partial charge in [-0.05, 0) is 32.8 Å². The summed E-state index contributed by atoms with van der Waals surface area (Å²) in [5.41, 5.74) is 7.83. The van der Waals surface area contributed by atoms with E-state index < -0.39 is 12.1 Å². The first-order valence-corrected chi connectivity index (χ1v) is 7.93. The van der Waals surface area contributed by atoms with Gasteiger partial charge in [-0.25, -0.2) is 24.4 Å². The molecule has 0 saturated heterocycles. The maximum absolute atomic E-state index is 11.0. The van der Waals surface area contributed by atoms with Crippen LogP contribution in [-0.2, 0) is 4.74 Å². The molecule has 0 aliphatic heterocycles. The van der Waals surface area contributed by atoms with Crippen LogP contribution in [-0.4, -0.2) is 44.1 Å². The van der Waals surface area contributed by atoms with Gasteiger partial charge in [-0.15, -0.1) is 5.10 Å². The van der Waals surface area contributed by atoms with Gasteiger partial charge in [-0.1, -0.05) is 11.8 Å². The number of amides is 3. The van der Waals surface area contributed by atoms with E-state index in [0.29, 0.717) is 23.1 Å². The van der Waals surface area contributed by atoms with E-state index in [4.69, 9.17) is 10.5 Å². The van der Waals surface area contributed by atoms with Crippen molar-refractivity contribution in [3.8, 4) is 0 Å². The Morgan fingerprint density at radius 1 is 1.30 bits per heavy atom. The van der Waals surface area contributed by atoms with Crippen LogP contribution in [0.15, 0.2) is 5.16 Å². The summed E-state index contributed by atoms with van der Waals surface area (Å²) in [4.78, 5) is 30.2. The lowest BCUT2D eigenvalue weighted by Gasteiger charge is -2.04. The number of nitrogens with two attached hydrogens (primary N) is 1. The van der Waals surface area contributed by atoms with Gasteiger partial charge >= 0.3 is 12.1 Å². The molecule has 0 bridgehead atoms. The van der Waals surface area contributed by atoms with Crippen molar-refractivity contribution >= 4 is 29.7 Å². The van der Waals surface area contributed by atoms with Gasteiger partial charge in [0.25, 0.3) is 5.78 Å². The number of primary amides is 1. The highest BCUT2D eigenvalue weighted by atomic mass is 32.2. The average Bonchev–Trinajstić information content (AvgIpc) is 2.86. The third-order valence-electron chi connectivity index (χ3n) is 3.22. The summed E-state index contributed by atoms with van der Waals surface area (Å²) >= 11 is 1.45. The number of urea groups is 1. The van der Waals surface area contributed by atoms with Crippen LogP contribution < -0.4 is 11.1 Å². The summed E-state index contributed by atoms with van der Waals surface area (Å²) in [5.74, 6) is 1.24. The van der Waals surface area contributed by atoms with Crippen LogP contribution >= 0.6 is 11.8 Å². The molecule has 0 aromatic carbocycles. The summed E-state index contributed by atoms with van der Waals surface area (Å²) in [6, 6.07) is -0.938. The Hall–Kier alpha value is -2.36. The second-order valence-corrected chi connectivity index (χ2v) is 5.90. The molecule has 2 rings (SSSR count). The maximum atomic E-state index is 11.0. The van der Waals surface area contributed by atoms with E-state index in [9.17, 15) is 9.59 Å². The third kappa shape index (κ3) is 4.31. The zero-order valence-corrected chi connectivity index (χ0v) is 13.9. The van der Waals surface area contributed by atoms with Crippen molar-refractivity contribution in [3.05, 3.63) is 17.0 Å². The van der Waals surface area contributed by atoms with Crippen molar-refractivity contribution in [1.29, 1.82) is 0 Å². The molecule has 0 unspecified atom stereocenters. The number of rotatable bonds is 5. The maximum Gasteiger partial charge on any atom is 0.415 e. The molecule has 0 atom stereocenters. The van der Waals surface area contributed by atoms with Gasteiger partial charge in [0.1, 0.15) is 0 Å². The highest BCUT2D eigenvalue weighted by Gasteiger charge is 2.11. The van der Waals surface area contributed by atoms with Crippen LogP contribution in [0.25, 0.3) is 5.78 Å². The first kappa shape index (κ1) is 17.0. The van der Waals surface area contributed by atoms with Gasteiger partial charge in [0.15, 0.2) is 0 Å². The topological polar surface area (TPSA) is 124 Å². The number of hydrogen-bond acceptors (Lipinski definition) is 7. The number of alkyl carbamates (subject to hydrolysis) is 1. The van der Waals surface area contributed by atoms with Crippen molar-refractivity contribution in [2.75, 3.05) is 12.4 Å². The number of carbonyl (C=O) groups is 2. The lowest BCUT2D eigenvalue weighted by molar-refractivity contribution is 0.148. The number of ether oxygens (including phenoxy) is 1. The van der Waals surface area contributed by atoms with Crippen molar-refractivity contribution in [2.24, 2.45) is 5.73 Å². The number of imide groups is 1. The minimum Gasteiger partial charge on any atom is -0.449 e. The van der Waals surface area contributed by atoms with Crippen LogP contribution in [0, 0.1) is 20.8 Å². The Labute approximate surface area is 137 Å². The Morgan fingerprint density at radius 3 is 2.74 bits per heavy atom. The second-order valence-electron chi connectivity index (χ2n) is 4.84. The van der Waals surface area contributed by atoms with E-state index >= 15 is 0 Å². The van der Waals surface area contributed by atoms with Crippen LogP contribution in [0.2, 0.25) is 0 Å². The fraction of sp³-hybridized carbons (Fsp3) is 0.462. The molecule has 0 spiro atoms. The average molecular weight is 338 g/mol. The van der Waals surface area contributed by atoms with E-state index in [2.05, 4.69) is 15.1 Å².